The topological polar surface area (TPSA) is 66.7 Å². The van der Waals surface area contributed by atoms with Crippen molar-refractivity contribution in [3.63, 3.8) is 0 Å². The molecule has 0 fully saturated rings. The molecule has 2 aliphatic rings. The van der Waals surface area contributed by atoms with E-state index >= 15 is 0 Å². The summed E-state index contributed by atoms with van der Waals surface area (Å²) in [4.78, 5) is 0. The monoisotopic (exact) mass is 330 g/mol. The summed E-state index contributed by atoms with van der Waals surface area (Å²) in [6.45, 7) is 8.43. The van der Waals surface area contributed by atoms with Gasteiger partial charge in [-0.25, -0.2) is 0 Å². The number of hydrogen-bond donors (Lipinski definition) is 2. The second kappa shape index (κ2) is 4.55. The van der Waals surface area contributed by atoms with Crippen LogP contribution in [0.5, 0.6) is 0 Å². The van der Waals surface area contributed by atoms with Crippen molar-refractivity contribution in [1.29, 1.82) is 0 Å². The zero-order valence-corrected chi connectivity index (χ0v) is 14.8. The zero-order chi connectivity index (χ0) is 17.4. The highest BCUT2D eigenvalue weighted by Crippen LogP contribution is 2.59. The van der Waals surface area contributed by atoms with Crippen LogP contribution in [0.25, 0.3) is 0 Å². The van der Waals surface area contributed by atoms with Gasteiger partial charge in [0.25, 0.3) is 0 Å². The van der Waals surface area contributed by atoms with Gasteiger partial charge in [0.15, 0.2) is 0 Å². The minimum atomic E-state index is -1.40. The van der Waals surface area contributed by atoms with Gasteiger partial charge in [-0.1, -0.05) is 27.7 Å². The fraction of sp³-hybridized carbons (Fsp3) is 0.600. The van der Waals surface area contributed by atoms with E-state index in [1.807, 2.05) is 12.1 Å². The number of aliphatic hydroxyl groups is 2. The third-order valence-electron chi connectivity index (χ3n) is 5.81. The van der Waals surface area contributed by atoms with E-state index in [0.717, 1.165) is 24.4 Å². The minimum Gasteiger partial charge on any atom is -0.469 e. The van der Waals surface area contributed by atoms with Crippen LogP contribution in [0, 0.1) is 10.8 Å². The first kappa shape index (κ1) is 16.0. The standard InChI is InChI=1S/C20H26O4/c1-17(2)9-15-13(5-7-23-15)19(21,11-17)20(22)12-18(3,4)10-16-14(20)6-8-24-16/h5-8,21-22H,9-12H2,1-4H3. The van der Waals surface area contributed by atoms with E-state index in [1.54, 1.807) is 12.5 Å². The van der Waals surface area contributed by atoms with E-state index in [0.29, 0.717) is 24.0 Å². The predicted octanol–water partition coefficient (Wildman–Crippen LogP) is 3.89. The maximum absolute atomic E-state index is 11.9. The SMILES string of the molecule is CC1(C)Cc2occc2C(O)(C2(O)CC(C)(C)Cc3occc32)C1. The summed E-state index contributed by atoms with van der Waals surface area (Å²) in [6, 6.07) is 3.62. The first-order chi connectivity index (χ1) is 11.1. The summed E-state index contributed by atoms with van der Waals surface area (Å²) in [5, 5.41) is 23.8. The van der Waals surface area contributed by atoms with Gasteiger partial charge in [-0.2, -0.15) is 0 Å². The molecule has 4 rings (SSSR count). The molecule has 0 saturated heterocycles. The van der Waals surface area contributed by atoms with E-state index < -0.39 is 11.2 Å². The van der Waals surface area contributed by atoms with E-state index in [-0.39, 0.29) is 10.8 Å². The Bertz CT molecular complexity index is 715. The summed E-state index contributed by atoms with van der Waals surface area (Å²) >= 11 is 0. The van der Waals surface area contributed by atoms with Gasteiger partial charge in [0.2, 0.25) is 0 Å². The van der Waals surface area contributed by atoms with E-state index in [4.69, 9.17) is 8.83 Å². The second-order valence-electron chi connectivity index (χ2n) is 9.27. The van der Waals surface area contributed by atoms with Gasteiger partial charge >= 0.3 is 0 Å². The Labute approximate surface area is 142 Å². The molecule has 0 radical (unpaired) electrons. The molecule has 4 heteroatoms. The summed E-state index contributed by atoms with van der Waals surface area (Å²) in [5.74, 6) is 1.55. The lowest BCUT2D eigenvalue weighted by molar-refractivity contribution is -0.208. The Morgan fingerprint density at radius 2 is 1.12 bits per heavy atom. The molecule has 2 atom stereocenters. The van der Waals surface area contributed by atoms with E-state index in [2.05, 4.69) is 27.7 Å². The van der Waals surface area contributed by atoms with Crippen molar-refractivity contribution < 1.29 is 19.0 Å². The van der Waals surface area contributed by atoms with Crippen LogP contribution in [0.1, 0.15) is 63.2 Å². The molecule has 2 N–H and O–H groups in total. The first-order valence-electron chi connectivity index (χ1n) is 8.65. The molecule has 0 spiro atoms. The minimum absolute atomic E-state index is 0.166. The Hall–Kier alpha value is -1.52. The molecule has 130 valence electrons. The molecule has 0 aliphatic heterocycles. The van der Waals surface area contributed by atoms with Crippen molar-refractivity contribution >= 4 is 0 Å². The van der Waals surface area contributed by atoms with E-state index in [9.17, 15) is 10.2 Å². The van der Waals surface area contributed by atoms with Crippen molar-refractivity contribution in [3.8, 4) is 0 Å². The first-order valence-corrected chi connectivity index (χ1v) is 8.65. The Morgan fingerprint density at radius 3 is 1.50 bits per heavy atom. The van der Waals surface area contributed by atoms with Crippen LogP contribution >= 0.6 is 0 Å². The normalized spacial score (nSPS) is 33.8. The van der Waals surface area contributed by atoms with Gasteiger partial charge in [-0.15, -0.1) is 0 Å². The fourth-order valence-corrected chi connectivity index (χ4v) is 5.00. The van der Waals surface area contributed by atoms with Crippen LogP contribution in [0.3, 0.4) is 0 Å². The molecule has 2 heterocycles. The lowest BCUT2D eigenvalue weighted by atomic mass is 9.56. The van der Waals surface area contributed by atoms with Crippen LogP contribution < -0.4 is 0 Å². The second-order valence-corrected chi connectivity index (χ2v) is 9.27. The van der Waals surface area contributed by atoms with Crippen LogP contribution in [-0.4, -0.2) is 10.2 Å². The molecular formula is C20H26O4. The number of hydrogen-bond acceptors (Lipinski definition) is 4. The average molecular weight is 330 g/mol. The van der Waals surface area contributed by atoms with Crippen LogP contribution in [-0.2, 0) is 24.0 Å². The zero-order valence-electron chi connectivity index (χ0n) is 14.8. The largest absolute Gasteiger partial charge is 0.469 e. The van der Waals surface area contributed by atoms with Gasteiger partial charge in [-0.05, 0) is 35.8 Å². The van der Waals surface area contributed by atoms with Crippen LogP contribution in [0.15, 0.2) is 33.5 Å². The van der Waals surface area contributed by atoms with Gasteiger partial charge in [0.1, 0.15) is 22.7 Å². The van der Waals surface area contributed by atoms with Crippen LogP contribution in [0.2, 0.25) is 0 Å². The summed E-state index contributed by atoms with van der Waals surface area (Å²) < 4.78 is 11.3. The predicted molar refractivity (Wildman–Crippen MR) is 89.4 cm³/mol. The molecule has 4 nitrogen and oxygen atoms in total. The number of rotatable bonds is 1. The fourth-order valence-electron chi connectivity index (χ4n) is 5.00. The van der Waals surface area contributed by atoms with Crippen molar-refractivity contribution in [2.24, 2.45) is 10.8 Å². The molecule has 2 aromatic rings. The number of fused-ring (bicyclic) bond motifs is 2. The molecule has 24 heavy (non-hydrogen) atoms. The van der Waals surface area contributed by atoms with Gasteiger partial charge in [0, 0.05) is 24.0 Å². The van der Waals surface area contributed by atoms with Gasteiger partial charge in [-0.3, -0.25) is 0 Å². The van der Waals surface area contributed by atoms with Gasteiger partial charge in [0.05, 0.1) is 12.5 Å². The molecule has 2 aliphatic carbocycles. The maximum Gasteiger partial charge on any atom is 0.126 e. The van der Waals surface area contributed by atoms with Crippen molar-refractivity contribution in [2.45, 2.75) is 64.6 Å². The highest BCUT2D eigenvalue weighted by Gasteiger charge is 2.61. The molecule has 0 amide bonds. The molecule has 0 saturated carbocycles. The summed E-state index contributed by atoms with van der Waals surface area (Å²) in [7, 11) is 0. The summed E-state index contributed by atoms with van der Waals surface area (Å²) in [5.41, 5.74) is -1.69. The Morgan fingerprint density at radius 1 is 0.750 bits per heavy atom. The Balaban J connectivity index is 1.95. The highest BCUT2D eigenvalue weighted by atomic mass is 16.4. The molecule has 2 aromatic heterocycles. The Kier molecular flexibility index (Phi) is 3.03. The third kappa shape index (κ3) is 2.06. The van der Waals surface area contributed by atoms with Gasteiger partial charge < -0.3 is 19.0 Å². The maximum atomic E-state index is 11.9. The smallest absolute Gasteiger partial charge is 0.126 e. The lowest BCUT2D eigenvalue weighted by Gasteiger charge is -2.53. The lowest BCUT2D eigenvalue weighted by Crippen LogP contribution is -2.57. The quantitative estimate of drug-likeness (QED) is 0.832. The van der Waals surface area contributed by atoms with Crippen LogP contribution in [0.4, 0.5) is 0 Å². The molecule has 2 unspecified atom stereocenters. The van der Waals surface area contributed by atoms with Crippen molar-refractivity contribution in [1.82, 2.24) is 0 Å². The number of furan rings is 2. The molecule has 0 aromatic carbocycles. The van der Waals surface area contributed by atoms with Crippen molar-refractivity contribution in [2.75, 3.05) is 0 Å². The third-order valence-corrected chi connectivity index (χ3v) is 5.81. The summed E-state index contributed by atoms with van der Waals surface area (Å²) in [6.07, 6.45) is 5.70. The van der Waals surface area contributed by atoms with Crippen molar-refractivity contribution in [3.05, 3.63) is 47.3 Å². The highest BCUT2D eigenvalue weighted by molar-refractivity contribution is 5.41. The molecular weight excluding hydrogens is 304 g/mol. The average Bonchev–Trinajstić information content (AvgIpc) is 3.04. The van der Waals surface area contributed by atoms with E-state index in [1.165, 1.54) is 0 Å². The molecule has 0 bridgehead atoms.